The summed E-state index contributed by atoms with van der Waals surface area (Å²) in [6.45, 7) is 2.45. The maximum atomic E-state index is 12.9. The van der Waals surface area contributed by atoms with Crippen LogP contribution in [0.3, 0.4) is 0 Å². The summed E-state index contributed by atoms with van der Waals surface area (Å²) < 4.78 is 61.1. The fraction of sp³-hybridized carbons (Fsp3) is 0.682. The molecular formula is C85H144O16P2. The Bertz CT molecular complexity index is 2450. The molecule has 103 heavy (non-hydrogen) atoms. The molecule has 0 heterocycles. The number of hydrogen-bond acceptors (Lipinski definition) is 14. The normalized spacial score (nSPS) is 14.7. The number of phosphoric acid groups is 2. The molecule has 0 saturated carbocycles. The average molecular weight is 1480 g/mol. The number of aliphatic hydroxyl groups is 2. The summed E-state index contributed by atoms with van der Waals surface area (Å²) in [6.07, 6.45) is 94.7. The van der Waals surface area contributed by atoms with Gasteiger partial charge in [-0.3, -0.25) is 32.5 Å². The molecule has 18 heteroatoms. The summed E-state index contributed by atoms with van der Waals surface area (Å²) >= 11 is 0. The molecule has 0 aliphatic carbocycles. The molecule has 5 unspecified atom stereocenters. The second-order valence-electron chi connectivity index (χ2n) is 26.5. The summed E-state index contributed by atoms with van der Waals surface area (Å²) in [5.41, 5.74) is 0. The maximum Gasteiger partial charge on any atom is 0.472 e. The summed E-state index contributed by atoms with van der Waals surface area (Å²) in [4.78, 5) is 58.6. The molecule has 590 valence electrons. The van der Waals surface area contributed by atoms with Gasteiger partial charge in [0.15, 0.2) is 6.10 Å². The standard InChI is InChI=1S/C85H144O16P2/c1-4-7-10-13-16-19-22-25-27-29-31-33-35-37-38-39-40-42-44-45-47-49-51-54-56-59-62-65-68-71-83(88)95-74-80(86)75-97-102(91,92)98-76-81(87)77-99-103(93,94)100-79-82(101-85(90)73-70-67-64-61-58-53-24-21-18-15-12-9-6-3)78-96-84(89)72-69-66-63-60-57-55-52-50-48-46-43-41-36-34-32-30-28-26-23-20-17-14-11-8-5-2/h7,10,12,15-17,19-21,24-28,31-34,37-38,40-43,80-82,86-87H,4-6,8-9,11,13-14,18,22-23,29-30,35-36,39,44-79H2,1-3H3,(H,91,92)(H,93,94)/b10-7-,15-12-,19-16-,20-17-,24-21-,27-25-,28-26-,33-31-,34-32-,38-37-,42-40-,43-41-. The van der Waals surface area contributed by atoms with Gasteiger partial charge in [0.05, 0.1) is 26.4 Å². The first-order chi connectivity index (χ1) is 50.2. The van der Waals surface area contributed by atoms with Crippen LogP contribution in [0, 0.1) is 0 Å². The van der Waals surface area contributed by atoms with Crippen LogP contribution in [0.1, 0.15) is 316 Å². The topological polar surface area (TPSA) is 231 Å². The lowest BCUT2D eigenvalue weighted by Crippen LogP contribution is -2.30. The fourth-order valence-electron chi connectivity index (χ4n) is 10.4. The van der Waals surface area contributed by atoms with Crippen molar-refractivity contribution in [1.82, 2.24) is 0 Å². The first kappa shape index (κ1) is 98.4. The van der Waals surface area contributed by atoms with E-state index in [1.54, 1.807) is 0 Å². The van der Waals surface area contributed by atoms with E-state index in [0.29, 0.717) is 19.3 Å². The Balaban J connectivity index is 4.52. The second-order valence-corrected chi connectivity index (χ2v) is 29.4. The smallest absolute Gasteiger partial charge is 0.463 e. The monoisotopic (exact) mass is 1480 g/mol. The fourth-order valence-corrected chi connectivity index (χ4v) is 12.0. The average Bonchev–Trinajstić information content (AvgIpc) is 0.923. The van der Waals surface area contributed by atoms with Crippen molar-refractivity contribution in [3.63, 3.8) is 0 Å². The Hall–Kier alpha value is -4.57. The Morgan fingerprint density at radius 1 is 0.282 bits per heavy atom. The number of hydrogen-bond donors (Lipinski definition) is 4. The quantitative estimate of drug-likeness (QED) is 0.0146. The van der Waals surface area contributed by atoms with Crippen LogP contribution in [0.5, 0.6) is 0 Å². The van der Waals surface area contributed by atoms with Crippen molar-refractivity contribution >= 4 is 33.6 Å². The van der Waals surface area contributed by atoms with Crippen LogP contribution in [-0.2, 0) is 55.8 Å². The van der Waals surface area contributed by atoms with Crippen LogP contribution in [0.4, 0.5) is 0 Å². The molecule has 5 atom stereocenters. The van der Waals surface area contributed by atoms with Crippen LogP contribution >= 0.6 is 15.6 Å². The van der Waals surface area contributed by atoms with Crippen molar-refractivity contribution in [3.05, 3.63) is 146 Å². The number of ether oxygens (including phenoxy) is 3. The van der Waals surface area contributed by atoms with Gasteiger partial charge in [0, 0.05) is 19.3 Å². The number of aliphatic hydroxyl groups excluding tert-OH is 2. The Kier molecular flexibility index (Phi) is 73.6. The molecule has 0 rings (SSSR count). The van der Waals surface area contributed by atoms with Gasteiger partial charge in [-0.2, -0.15) is 0 Å². The van der Waals surface area contributed by atoms with E-state index in [0.717, 1.165) is 173 Å². The highest BCUT2D eigenvalue weighted by molar-refractivity contribution is 7.47. The lowest BCUT2D eigenvalue weighted by Gasteiger charge is -2.21. The van der Waals surface area contributed by atoms with Crippen LogP contribution < -0.4 is 0 Å². The first-order valence-corrected chi connectivity index (χ1v) is 43.1. The molecule has 0 aromatic heterocycles. The lowest BCUT2D eigenvalue weighted by molar-refractivity contribution is -0.161. The number of esters is 3. The van der Waals surface area contributed by atoms with Gasteiger partial charge in [0.25, 0.3) is 0 Å². The number of carbonyl (C=O) groups is 3. The van der Waals surface area contributed by atoms with Gasteiger partial charge in [-0.25, -0.2) is 9.13 Å². The highest BCUT2D eigenvalue weighted by Crippen LogP contribution is 2.45. The zero-order valence-electron chi connectivity index (χ0n) is 64.4. The van der Waals surface area contributed by atoms with E-state index in [9.17, 15) is 43.5 Å². The minimum absolute atomic E-state index is 0.0840. The zero-order valence-corrected chi connectivity index (χ0v) is 66.2. The van der Waals surface area contributed by atoms with Gasteiger partial charge in [0.2, 0.25) is 0 Å². The molecule has 4 N–H and O–H groups in total. The van der Waals surface area contributed by atoms with E-state index in [1.165, 1.54) is 83.5 Å². The van der Waals surface area contributed by atoms with Crippen molar-refractivity contribution in [3.8, 4) is 0 Å². The third-order valence-corrected chi connectivity index (χ3v) is 18.4. The Morgan fingerprint density at radius 2 is 0.534 bits per heavy atom. The zero-order chi connectivity index (χ0) is 75.2. The lowest BCUT2D eigenvalue weighted by atomic mass is 10.1. The molecule has 0 amide bonds. The van der Waals surface area contributed by atoms with E-state index in [4.69, 9.17) is 32.3 Å². The van der Waals surface area contributed by atoms with Gasteiger partial charge < -0.3 is 34.2 Å². The van der Waals surface area contributed by atoms with Gasteiger partial charge >= 0.3 is 33.6 Å². The van der Waals surface area contributed by atoms with Gasteiger partial charge in [-0.05, 0) is 141 Å². The summed E-state index contributed by atoms with van der Waals surface area (Å²) in [5, 5.41) is 20.6. The molecule has 0 aromatic rings. The summed E-state index contributed by atoms with van der Waals surface area (Å²) in [7, 11) is -9.80. The number of phosphoric ester groups is 2. The van der Waals surface area contributed by atoms with Crippen LogP contribution in [-0.4, -0.2) is 95.9 Å². The van der Waals surface area contributed by atoms with E-state index < -0.39 is 91.5 Å². The number of rotatable bonds is 75. The molecule has 0 saturated heterocycles. The van der Waals surface area contributed by atoms with Gasteiger partial charge in [-0.1, -0.05) is 301 Å². The molecule has 0 aliphatic heterocycles. The SMILES string of the molecule is CC/C=C\C/C=C\C/C=C\C/C=C\C/C=C\C/C=C\CCCCCCCCCCCCC(=O)OCC(O)COP(=O)(O)OCC(O)COP(=O)(O)OCC(COC(=O)CCCCCCCCCCC/C=C\C/C=C\C/C=C\C/C=C\CCCCC)OC(=O)CCCCCCC/C=C\C/C=C\CCC. The minimum atomic E-state index is -4.94. The van der Waals surface area contributed by atoms with Gasteiger partial charge in [-0.15, -0.1) is 0 Å². The number of allylic oxidation sites excluding steroid dienone is 24. The maximum absolute atomic E-state index is 12.9. The molecule has 0 fully saturated rings. The number of carbonyl (C=O) groups excluding carboxylic acids is 3. The van der Waals surface area contributed by atoms with E-state index >= 15 is 0 Å². The molecule has 0 aromatic carbocycles. The first-order valence-electron chi connectivity index (χ1n) is 40.1. The van der Waals surface area contributed by atoms with E-state index in [1.807, 2.05) is 0 Å². The molecule has 0 bridgehead atoms. The summed E-state index contributed by atoms with van der Waals surface area (Å²) in [6, 6.07) is 0. The third-order valence-electron chi connectivity index (χ3n) is 16.5. The molecular weight excluding hydrogens is 1340 g/mol. The Morgan fingerprint density at radius 3 is 0.854 bits per heavy atom. The van der Waals surface area contributed by atoms with Crippen molar-refractivity contribution < 1.29 is 75.8 Å². The van der Waals surface area contributed by atoms with Crippen molar-refractivity contribution in [2.75, 3.05) is 39.6 Å². The van der Waals surface area contributed by atoms with Crippen molar-refractivity contribution in [1.29, 1.82) is 0 Å². The van der Waals surface area contributed by atoms with E-state index in [-0.39, 0.29) is 19.3 Å². The highest BCUT2D eigenvalue weighted by Gasteiger charge is 2.29. The van der Waals surface area contributed by atoms with E-state index in [2.05, 4.69) is 167 Å². The number of unbranched alkanes of at least 4 members (excludes halogenated alkanes) is 28. The van der Waals surface area contributed by atoms with Crippen LogP contribution in [0.2, 0.25) is 0 Å². The predicted octanol–water partition coefficient (Wildman–Crippen LogP) is 23.7. The van der Waals surface area contributed by atoms with Crippen LogP contribution in [0.15, 0.2) is 146 Å². The van der Waals surface area contributed by atoms with Gasteiger partial charge in [0.1, 0.15) is 25.4 Å². The Labute approximate surface area is 626 Å². The molecule has 16 nitrogen and oxygen atoms in total. The largest absolute Gasteiger partial charge is 0.472 e. The summed E-state index contributed by atoms with van der Waals surface area (Å²) in [5.74, 6) is -1.60. The molecule has 0 radical (unpaired) electrons. The second kappa shape index (κ2) is 77.1. The molecule has 0 aliphatic rings. The van der Waals surface area contributed by atoms with Crippen molar-refractivity contribution in [2.45, 2.75) is 334 Å². The van der Waals surface area contributed by atoms with Crippen molar-refractivity contribution in [2.24, 2.45) is 0 Å². The highest BCUT2D eigenvalue weighted by atomic mass is 31.2. The third kappa shape index (κ3) is 78.3. The minimum Gasteiger partial charge on any atom is -0.463 e. The van der Waals surface area contributed by atoms with Crippen LogP contribution in [0.25, 0.3) is 0 Å². The molecule has 0 spiro atoms. The predicted molar refractivity (Wildman–Crippen MR) is 426 cm³/mol.